The molecule has 0 saturated carbocycles. The van der Waals surface area contributed by atoms with Crippen molar-refractivity contribution < 1.29 is 0 Å². The summed E-state index contributed by atoms with van der Waals surface area (Å²) in [7, 11) is 0. The Morgan fingerprint density at radius 1 is 0.262 bits per heavy atom. The molecule has 0 atom stereocenters. The molecule has 0 bridgehead atoms. The van der Waals surface area contributed by atoms with Crippen molar-refractivity contribution in [3.05, 3.63) is 190 Å². The van der Waals surface area contributed by atoms with E-state index in [1.165, 1.54) is 0 Å². The molecule has 0 heterocycles. The molecule has 192 valence electrons. The Hall–Kier alpha value is -6.18. The zero-order valence-corrected chi connectivity index (χ0v) is 22.9. The molecular weight excluding hydrogens is 504 g/mol. The summed E-state index contributed by atoms with van der Waals surface area (Å²) in [4.78, 5) is 0. The van der Waals surface area contributed by atoms with Crippen LogP contribution in [0.2, 0.25) is 0 Å². The Bertz CT molecular complexity index is 2110. The van der Waals surface area contributed by atoms with Gasteiger partial charge >= 0.3 is 0 Å². The van der Waals surface area contributed by atoms with Gasteiger partial charge in [-0.25, -0.2) is 0 Å². The monoisotopic (exact) mass is 528 g/mol. The van der Waals surface area contributed by atoms with Crippen LogP contribution in [0, 0.1) is 47.4 Å². The predicted molar refractivity (Wildman–Crippen MR) is 174 cm³/mol. The van der Waals surface area contributed by atoms with E-state index in [2.05, 4.69) is 71.6 Å². The maximum Gasteiger partial charge on any atom is 0.0497 e. The average Bonchev–Trinajstić information content (AvgIpc) is 3.06. The Balaban J connectivity index is 1.61. The van der Waals surface area contributed by atoms with E-state index in [0.29, 0.717) is 0 Å². The lowest BCUT2D eigenvalue weighted by atomic mass is 9.92. The minimum absolute atomic E-state index is 0.848. The van der Waals surface area contributed by atoms with Gasteiger partial charge < -0.3 is 0 Å². The molecule has 6 rings (SSSR count). The van der Waals surface area contributed by atoms with Crippen LogP contribution in [0.25, 0.3) is 10.8 Å². The van der Waals surface area contributed by atoms with Gasteiger partial charge in [-0.3, -0.25) is 0 Å². The zero-order valence-electron chi connectivity index (χ0n) is 22.9. The predicted octanol–water partition coefficient (Wildman–Crippen LogP) is 8.44. The highest BCUT2D eigenvalue weighted by molar-refractivity contribution is 5.99. The Kier molecular flexibility index (Phi) is 7.93. The summed E-state index contributed by atoms with van der Waals surface area (Å²) in [5.74, 6) is 27.1. The van der Waals surface area contributed by atoms with E-state index in [0.717, 1.165) is 55.3 Å². The fraction of sp³-hybridized carbons (Fsp3) is 0. The first kappa shape index (κ1) is 26.1. The van der Waals surface area contributed by atoms with Crippen LogP contribution in [0.15, 0.2) is 146 Å². The van der Waals surface area contributed by atoms with Gasteiger partial charge in [0.25, 0.3) is 0 Å². The van der Waals surface area contributed by atoms with E-state index in [4.69, 9.17) is 0 Å². The van der Waals surface area contributed by atoms with Gasteiger partial charge in [-0.15, -0.1) is 0 Å². The highest BCUT2D eigenvalue weighted by Crippen LogP contribution is 2.28. The van der Waals surface area contributed by atoms with Crippen LogP contribution in [0.5, 0.6) is 0 Å². The maximum absolute atomic E-state index is 3.48. The summed E-state index contributed by atoms with van der Waals surface area (Å²) in [6, 6.07) is 48.3. The van der Waals surface area contributed by atoms with E-state index < -0.39 is 0 Å². The van der Waals surface area contributed by atoms with Crippen LogP contribution >= 0.6 is 0 Å². The molecule has 0 aromatic heterocycles. The minimum Gasteiger partial charge on any atom is -0.0622 e. The largest absolute Gasteiger partial charge is 0.0622 e. The van der Waals surface area contributed by atoms with Gasteiger partial charge in [-0.2, -0.15) is 0 Å². The second kappa shape index (κ2) is 12.8. The van der Waals surface area contributed by atoms with E-state index in [-0.39, 0.29) is 0 Å². The fourth-order valence-electron chi connectivity index (χ4n) is 4.53. The van der Waals surface area contributed by atoms with Crippen molar-refractivity contribution >= 4 is 10.8 Å². The van der Waals surface area contributed by atoms with Crippen LogP contribution in [0.1, 0.15) is 44.5 Å². The molecule has 0 amide bonds. The summed E-state index contributed by atoms with van der Waals surface area (Å²) < 4.78 is 0. The van der Waals surface area contributed by atoms with Gasteiger partial charge in [0.2, 0.25) is 0 Å². The first-order valence-electron chi connectivity index (χ1n) is 13.7. The second-order valence-corrected chi connectivity index (χ2v) is 9.54. The summed E-state index contributed by atoms with van der Waals surface area (Å²) in [6.07, 6.45) is 0. The van der Waals surface area contributed by atoms with Crippen molar-refractivity contribution in [2.75, 3.05) is 0 Å². The summed E-state index contributed by atoms with van der Waals surface area (Å²) in [5.41, 5.74) is 7.32. The molecule has 0 saturated heterocycles. The molecular formula is C42H24. The second-order valence-electron chi connectivity index (χ2n) is 9.54. The van der Waals surface area contributed by atoms with Crippen LogP contribution in [0.3, 0.4) is 0 Å². The highest BCUT2D eigenvalue weighted by Gasteiger charge is 2.12. The van der Waals surface area contributed by atoms with Crippen molar-refractivity contribution in [2.24, 2.45) is 0 Å². The lowest BCUT2D eigenvalue weighted by Crippen LogP contribution is -1.94. The quantitative estimate of drug-likeness (QED) is 0.174. The number of fused-ring (bicyclic) bond motifs is 1. The average molecular weight is 529 g/mol. The van der Waals surface area contributed by atoms with Crippen LogP contribution in [-0.4, -0.2) is 0 Å². The molecule has 0 aliphatic carbocycles. The topological polar surface area (TPSA) is 0 Å². The normalized spacial score (nSPS) is 9.62. The zero-order chi connectivity index (χ0) is 28.4. The molecule has 6 aromatic carbocycles. The van der Waals surface area contributed by atoms with E-state index >= 15 is 0 Å². The third kappa shape index (κ3) is 6.34. The highest BCUT2D eigenvalue weighted by atomic mass is 14.1. The standard InChI is InChI=1S/C42H24/c1-5-13-33(14-6-1)21-25-37-28-29-39(27-23-35-17-9-3-10-18-35)42-40(31-24-36-19-11-4-12-20-36)38(30-32-41(37)42)26-22-34-15-7-2-8-16-34/h1-20,28-30,32H. The summed E-state index contributed by atoms with van der Waals surface area (Å²) in [5, 5.41) is 1.96. The molecule has 0 aliphatic rings. The first-order valence-corrected chi connectivity index (χ1v) is 13.7. The first-order chi connectivity index (χ1) is 20.8. The van der Waals surface area contributed by atoms with Gasteiger partial charge in [0, 0.05) is 49.9 Å². The van der Waals surface area contributed by atoms with Crippen molar-refractivity contribution in [2.45, 2.75) is 0 Å². The lowest BCUT2D eigenvalue weighted by molar-refractivity contribution is 1.58. The van der Waals surface area contributed by atoms with Crippen LogP contribution in [0.4, 0.5) is 0 Å². The molecule has 0 fully saturated rings. The van der Waals surface area contributed by atoms with Crippen molar-refractivity contribution in [1.29, 1.82) is 0 Å². The molecule has 6 aromatic rings. The van der Waals surface area contributed by atoms with Crippen LogP contribution in [-0.2, 0) is 0 Å². The number of hydrogen-bond donors (Lipinski definition) is 0. The molecule has 42 heavy (non-hydrogen) atoms. The number of benzene rings is 6. The molecule has 0 unspecified atom stereocenters. The molecule has 0 aliphatic heterocycles. The molecule has 0 N–H and O–H groups in total. The molecule has 0 radical (unpaired) electrons. The third-order valence-corrected chi connectivity index (χ3v) is 6.63. The van der Waals surface area contributed by atoms with E-state index in [1.54, 1.807) is 0 Å². The van der Waals surface area contributed by atoms with Gasteiger partial charge in [0.15, 0.2) is 0 Å². The van der Waals surface area contributed by atoms with Gasteiger partial charge in [-0.1, -0.05) is 126 Å². The summed E-state index contributed by atoms with van der Waals surface area (Å²) in [6.45, 7) is 0. The number of hydrogen-bond acceptors (Lipinski definition) is 0. The lowest BCUT2D eigenvalue weighted by Gasteiger charge is -2.09. The summed E-state index contributed by atoms with van der Waals surface area (Å²) >= 11 is 0. The molecule has 0 heteroatoms. The van der Waals surface area contributed by atoms with E-state index in [1.807, 2.05) is 121 Å². The van der Waals surface area contributed by atoms with Crippen molar-refractivity contribution in [1.82, 2.24) is 0 Å². The Morgan fingerprint density at radius 3 is 1.10 bits per heavy atom. The van der Waals surface area contributed by atoms with Gasteiger partial charge in [-0.05, 0) is 72.1 Å². The maximum atomic E-state index is 3.48. The Labute approximate surface area is 247 Å². The molecule has 0 spiro atoms. The van der Waals surface area contributed by atoms with Gasteiger partial charge in [0.05, 0.1) is 0 Å². The SMILES string of the molecule is C(#Cc1ccc2c(C#Cc3ccccc3)ccc(C#Cc3ccccc3)c2c1C#Cc1ccccc1)c1ccccc1. The van der Waals surface area contributed by atoms with E-state index in [9.17, 15) is 0 Å². The fourth-order valence-corrected chi connectivity index (χ4v) is 4.53. The van der Waals surface area contributed by atoms with Gasteiger partial charge in [0.1, 0.15) is 0 Å². The molecule has 0 nitrogen and oxygen atoms in total. The third-order valence-electron chi connectivity index (χ3n) is 6.63. The van der Waals surface area contributed by atoms with Crippen molar-refractivity contribution in [3.63, 3.8) is 0 Å². The van der Waals surface area contributed by atoms with Crippen LogP contribution < -0.4 is 0 Å². The smallest absolute Gasteiger partial charge is 0.0497 e. The minimum atomic E-state index is 0.848. The number of rotatable bonds is 0. The Morgan fingerprint density at radius 2 is 0.619 bits per heavy atom. The van der Waals surface area contributed by atoms with Crippen molar-refractivity contribution in [3.8, 4) is 47.4 Å².